The summed E-state index contributed by atoms with van der Waals surface area (Å²) in [4.78, 5) is 6.31. The zero-order valence-electron chi connectivity index (χ0n) is 13.5. The SMILES string of the molecule is CCSc1ccc(CN2CCN(c3cccc(Cl)c3)CC2)cc1. The average Bonchev–Trinajstić information content (AvgIpc) is 2.58. The van der Waals surface area contributed by atoms with Crippen molar-refractivity contribution in [2.75, 3.05) is 36.8 Å². The van der Waals surface area contributed by atoms with Gasteiger partial charge in [0.05, 0.1) is 0 Å². The predicted octanol–water partition coefficient (Wildman–Crippen LogP) is 4.77. The summed E-state index contributed by atoms with van der Waals surface area (Å²) >= 11 is 7.99. The average molecular weight is 347 g/mol. The molecule has 0 N–H and O–H groups in total. The number of nitrogens with zero attached hydrogens (tertiary/aromatic N) is 2. The molecule has 1 heterocycles. The summed E-state index contributed by atoms with van der Waals surface area (Å²) in [7, 11) is 0. The van der Waals surface area contributed by atoms with E-state index >= 15 is 0 Å². The fraction of sp³-hybridized carbons (Fsp3) is 0.368. The molecule has 2 aromatic carbocycles. The van der Waals surface area contributed by atoms with E-state index in [1.54, 1.807) is 0 Å². The smallest absolute Gasteiger partial charge is 0.0426 e. The highest BCUT2D eigenvalue weighted by Crippen LogP contribution is 2.22. The third kappa shape index (κ3) is 4.66. The number of hydrogen-bond acceptors (Lipinski definition) is 3. The maximum Gasteiger partial charge on any atom is 0.0426 e. The van der Waals surface area contributed by atoms with E-state index in [1.807, 2.05) is 23.9 Å². The lowest BCUT2D eigenvalue weighted by Crippen LogP contribution is -2.45. The van der Waals surface area contributed by atoms with Crippen molar-refractivity contribution in [1.29, 1.82) is 0 Å². The molecule has 1 aliphatic heterocycles. The van der Waals surface area contributed by atoms with E-state index in [0.717, 1.165) is 43.5 Å². The fourth-order valence-corrected chi connectivity index (χ4v) is 3.80. The third-order valence-corrected chi connectivity index (χ3v) is 5.32. The number of piperazine rings is 1. The largest absolute Gasteiger partial charge is 0.369 e. The van der Waals surface area contributed by atoms with Crippen molar-refractivity contribution in [3.8, 4) is 0 Å². The molecule has 2 aromatic rings. The minimum atomic E-state index is 0.815. The Morgan fingerprint density at radius 3 is 2.39 bits per heavy atom. The Labute approximate surface area is 148 Å². The van der Waals surface area contributed by atoms with Gasteiger partial charge in [-0.25, -0.2) is 0 Å². The molecule has 23 heavy (non-hydrogen) atoms. The standard InChI is InChI=1S/C19H23ClN2S/c1-2-23-19-8-6-16(7-9-19)15-21-10-12-22(13-11-21)18-5-3-4-17(20)14-18/h3-9,14H,2,10-13,15H2,1H3. The zero-order chi connectivity index (χ0) is 16.1. The van der Waals surface area contributed by atoms with E-state index < -0.39 is 0 Å². The van der Waals surface area contributed by atoms with Crippen LogP contribution in [0.15, 0.2) is 53.4 Å². The van der Waals surface area contributed by atoms with E-state index in [4.69, 9.17) is 11.6 Å². The Morgan fingerprint density at radius 2 is 1.74 bits per heavy atom. The fourth-order valence-electron chi connectivity index (χ4n) is 2.95. The van der Waals surface area contributed by atoms with Crippen molar-refractivity contribution < 1.29 is 0 Å². The molecule has 1 aliphatic rings. The summed E-state index contributed by atoms with van der Waals surface area (Å²) in [5, 5.41) is 0.815. The van der Waals surface area contributed by atoms with Crippen LogP contribution in [0.2, 0.25) is 5.02 Å². The van der Waals surface area contributed by atoms with E-state index in [1.165, 1.54) is 16.1 Å². The van der Waals surface area contributed by atoms with Crippen LogP contribution >= 0.6 is 23.4 Å². The van der Waals surface area contributed by atoms with Crippen molar-refractivity contribution in [2.45, 2.75) is 18.4 Å². The molecule has 0 aliphatic carbocycles. The van der Waals surface area contributed by atoms with Gasteiger partial charge >= 0.3 is 0 Å². The lowest BCUT2D eigenvalue weighted by Gasteiger charge is -2.36. The lowest BCUT2D eigenvalue weighted by molar-refractivity contribution is 0.250. The van der Waals surface area contributed by atoms with Crippen LogP contribution in [0.5, 0.6) is 0 Å². The second-order valence-corrected chi connectivity index (χ2v) is 7.59. The van der Waals surface area contributed by atoms with Crippen molar-refractivity contribution in [2.24, 2.45) is 0 Å². The van der Waals surface area contributed by atoms with Gasteiger partial charge in [0.1, 0.15) is 0 Å². The first-order chi connectivity index (χ1) is 11.2. The lowest BCUT2D eigenvalue weighted by atomic mass is 10.2. The van der Waals surface area contributed by atoms with E-state index in [9.17, 15) is 0 Å². The van der Waals surface area contributed by atoms with E-state index in [-0.39, 0.29) is 0 Å². The molecular weight excluding hydrogens is 324 g/mol. The van der Waals surface area contributed by atoms with Gasteiger partial charge in [-0.1, -0.05) is 36.7 Å². The molecular formula is C19H23ClN2S. The van der Waals surface area contributed by atoms with Gasteiger partial charge in [-0.05, 0) is 41.6 Å². The molecule has 4 heteroatoms. The van der Waals surface area contributed by atoms with Gasteiger partial charge in [-0.2, -0.15) is 0 Å². The van der Waals surface area contributed by atoms with Gasteiger partial charge in [-0.3, -0.25) is 4.90 Å². The first-order valence-electron chi connectivity index (χ1n) is 8.19. The molecule has 0 bridgehead atoms. The van der Waals surface area contributed by atoms with Crippen LogP contribution in [-0.4, -0.2) is 36.8 Å². The van der Waals surface area contributed by atoms with Crippen LogP contribution in [0.4, 0.5) is 5.69 Å². The summed E-state index contributed by atoms with van der Waals surface area (Å²) in [6, 6.07) is 17.2. The van der Waals surface area contributed by atoms with Crippen LogP contribution in [-0.2, 0) is 6.54 Å². The Hall–Kier alpha value is -1.16. The minimum absolute atomic E-state index is 0.815. The second kappa shape index (κ2) is 8.09. The van der Waals surface area contributed by atoms with Gasteiger partial charge in [0.25, 0.3) is 0 Å². The maximum absolute atomic E-state index is 6.10. The number of anilines is 1. The third-order valence-electron chi connectivity index (χ3n) is 4.19. The van der Waals surface area contributed by atoms with Crippen LogP contribution in [0.3, 0.4) is 0 Å². The van der Waals surface area contributed by atoms with E-state index in [2.05, 4.69) is 53.1 Å². The summed E-state index contributed by atoms with van der Waals surface area (Å²) in [5.74, 6) is 1.13. The van der Waals surface area contributed by atoms with E-state index in [0.29, 0.717) is 0 Å². The van der Waals surface area contributed by atoms with Crippen molar-refractivity contribution >= 4 is 29.1 Å². The molecule has 0 radical (unpaired) electrons. The van der Waals surface area contributed by atoms with Crippen molar-refractivity contribution in [3.63, 3.8) is 0 Å². The number of halogens is 1. The number of benzene rings is 2. The molecule has 0 unspecified atom stereocenters. The first-order valence-corrected chi connectivity index (χ1v) is 9.55. The summed E-state index contributed by atoms with van der Waals surface area (Å²) in [5.41, 5.74) is 2.64. The Morgan fingerprint density at radius 1 is 1.00 bits per heavy atom. The molecule has 122 valence electrons. The molecule has 1 saturated heterocycles. The van der Waals surface area contributed by atoms with Crippen LogP contribution < -0.4 is 4.90 Å². The number of hydrogen-bond donors (Lipinski definition) is 0. The molecule has 0 amide bonds. The molecule has 0 saturated carbocycles. The molecule has 0 atom stereocenters. The maximum atomic E-state index is 6.10. The quantitative estimate of drug-likeness (QED) is 0.720. The Balaban J connectivity index is 1.52. The van der Waals surface area contributed by atoms with Crippen LogP contribution in [0.1, 0.15) is 12.5 Å². The second-order valence-electron chi connectivity index (χ2n) is 5.82. The normalized spacial score (nSPS) is 15.8. The highest BCUT2D eigenvalue weighted by Gasteiger charge is 2.17. The molecule has 0 aromatic heterocycles. The summed E-state index contributed by atoms with van der Waals surface area (Å²) in [6.45, 7) is 7.54. The van der Waals surface area contributed by atoms with Gasteiger partial charge in [0, 0.05) is 48.3 Å². The monoisotopic (exact) mass is 346 g/mol. The molecule has 2 nitrogen and oxygen atoms in total. The Kier molecular flexibility index (Phi) is 5.87. The zero-order valence-corrected chi connectivity index (χ0v) is 15.1. The number of thioether (sulfide) groups is 1. The summed E-state index contributed by atoms with van der Waals surface area (Å²) in [6.07, 6.45) is 0. The van der Waals surface area contributed by atoms with Gasteiger partial charge < -0.3 is 4.90 Å². The van der Waals surface area contributed by atoms with Crippen LogP contribution in [0, 0.1) is 0 Å². The highest BCUT2D eigenvalue weighted by atomic mass is 35.5. The molecule has 1 fully saturated rings. The number of rotatable bonds is 5. The Bertz CT molecular complexity index is 622. The minimum Gasteiger partial charge on any atom is -0.369 e. The molecule has 0 spiro atoms. The van der Waals surface area contributed by atoms with Crippen molar-refractivity contribution in [1.82, 2.24) is 4.90 Å². The van der Waals surface area contributed by atoms with Gasteiger partial charge in [-0.15, -0.1) is 11.8 Å². The van der Waals surface area contributed by atoms with Gasteiger partial charge in [0.15, 0.2) is 0 Å². The summed E-state index contributed by atoms with van der Waals surface area (Å²) < 4.78 is 0. The first kappa shape index (κ1) is 16.7. The topological polar surface area (TPSA) is 6.48 Å². The predicted molar refractivity (Wildman–Crippen MR) is 102 cm³/mol. The van der Waals surface area contributed by atoms with Gasteiger partial charge in [0.2, 0.25) is 0 Å². The van der Waals surface area contributed by atoms with Crippen LogP contribution in [0.25, 0.3) is 0 Å². The van der Waals surface area contributed by atoms with Crippen molar-refractivity contribution in [3.05, 3.63) is 59.1 Å². The highest BCUT2D eigenvalue weighted by molar-refractivity contribution is 7.99. The molecule has 3 rings (SSSR count).